The summed E-state index contributed by atoms with van der Waals surface area (Å²) >= 11 is 1.59. The average molecular weight is 285 g/mol. The van der Waals surface area contributed by atoms with Gasteiger partial charge in [-0.05, 0) is 57.1 Å². The normalized spacial score (nSPS) is 10.4. The number of carbonyl (C=O) groups excluding carboxylic acids is 1. The van der Waals surface area contributed by atoms with Crippen molar-refractivity contribution in [2.24, 2.45) is 0 Å². The van der Waals surface area contributed by atoms with Crippen molar-refractivity contribution in [3.8, 4) is 5.69 Å². The third-order valence-corrected chi connectivity index (χ3v) is 3.44. The number of tetrazole rings is 1. The third kappa shape index (κ3) is 2.89. The van der Waals surface area contributed by atoms with Crippen molar-refractivity contribution in [3.63, 3.8) is 0 Å². The van der Waals surface area contributed by atoms with E-state index in [0.717, 1.165) is 16.9 Å². The van der Waals surface area contributed by atoms with Gasteiger partial charge in [-0.1, -0.05) is 0 Å². The summed E-state index contributed by atoms with van der Waals surface area (Å²) in [4.78, 5) is 11.8. The number of carbonyl (C=O) groups is 1. The molecule has 100 valence electrons. The van der Waals surface area contributed by atoms with Crippen molar-refractivity contribution in [1.29, 1.82) is 0 Å². The van der Waals surface area contributed by atoms with Gasteiger partial charge in [0.2, 0.25) is 5.91 Å². The first kappa shape index (κ1) is 12.5. The second kappa shape index (κ2) is 5.62. The molecule has 7 heteroatoms. The number of benzene rings is 1. The van der Waals surface area contributed by atoms with E-state index in [1.54, 1.807) is 16.0 Å². The fourth-order valence-electron chi connectivity index (χ4n) is 1.76. The van der Waals surface area contributed by atoms with E-state index < -0.39 is 0 Å². The molecule has 0 fully saturated rings. The maximum Gasteiger partial charge on any atom is 0.228 e. The second-order valence-electron chi connectivity index (χ2n) is 4.16. The van der Waals surface area contributed by atoms with Crippen molar-refractivity contribution in [3.05, 3.63) is 53.0 Å². The molecule has 1 N–H and O–H groups in total. The molecule has 0 aliphatic heterocycles. The van der Waals surface area contributed by atoms with Gasteiger partial charge in [-0.15, -0.1) is 5.10 Å². The van der Waals surface area contributed by atoms with Gasteiger partial charge < -0.3 is 5.32 Å². The predicted octanol–water partition coefficient (Wildman–Crippen LogP) is 1.90. The van der Waals surface area contributed by atoms with Crippen LogP contribution in [0, 0.1) is 0 Å². The van der Waals surface area contributed by atoms with Crippen molar-refractivity contribution < 1.29 is 4.79 Å². The highest BCUT2D eigenvalue weighted by atomic mass is 32.1. The molecule has 2 heterocycles. The Labute approximate surface area is 119 Å². The maximum atomic E-state index is 11.8. The summed E-state index contributed by atoms with van der Waals surface area (Å²) in [5.74, 6) is -0.0291. The Balaban J connectivity index is 1.65. The van der Waals surface area contributed by atoms with Crippen molar-refractivity contribution in [2.45, 2.75) is 6.42 Å². The minimum absolute atomic E-state index is 0.0291. The summed E-state index contributed by atoms with van der Waals surface area (Å²) in [6.07, 6.45) is 1.91. The number of hydrogen-bond donors (Lipinski definition) is 1. The third-order valence-electron chi connectivity index (χ3n) is 2.71. The molecular weight excluding hydrogens is 274 g/mol. The summed E-state index contributed by atoms with van der Waals surface area (Å²) in [6.45, 7) is 0. The number of anilines is 1. The molecule has 0 aliphatic carbocycles. The number of amides is 1. The molecule has 0 saturated carbocycles. The molecule has 6 nitrogen and oxygen atoms in total. The highest BCUT2D eigenvalue weighted by molar-refractivity contribution is 7.08. The topological polar surface area (TPSA) is 72.7 Å². The van der Waals surface area contributed by atoms with Crippen LogP contribution in [-0.2, 0) is 11.2 Å². The zero-order valence-electron chi connectivity index (χ0n) is 10.4. The van der Waals surface area contributed by atoms with Gasteiger partial charge in [-0.3, -0.25) is 4.79 Å². The van der Waals surface area contributed by atoms with Gasteiger partial charge in [0.05, 0.1) is 12.1 Å². The van der Waals surface area contributed by atoms with E-state index in [1.165, 1.54) is 6.33 Å². The van der Waals surface area contributed by atoms with Gasteiger partial charge in [0, 0.05) is 5.69 Å². The molecule has 20 heavy (non-hydrogen) atoms. The van der Waals surface area contributed by atoms with Gasteiger partial charge in [0.15, 0.2) is 0 Å². The van der Waals surface area contributed by atoms with Crippen LogP contribution in [0.3, 0.4) is 0 Å². The van der Waals surface area contributed by atoms with Crippen molar-refractivity contribution in [1.82, 2.24) is 20.2 Å². The SMILES string of the molecule is O=C(Cc1ccsc1)Nc1ccc(-n2cnnn2)cc1. The molecule has 0 bridgehead atoms. The molecule has 1 aromatic carbocycles. The minimum atomic E-state index is -0.0291. The van der Waals surface area contributed by atoms with Gasteiger partial charge in [0.25, 0.3) is 0 Å². The summed E-state index contributed by atoms with van der Waals surface area (Å²) in [6, 6.07) is 9.28. The van der Waals surface area contributed by atoms with E-state index in [4.69, 9.17) is 0 Å². The van der Waals surface area contributed by atoms with Crippen LogP contribution in [0.1, 0.15) is 5.56 Å². The van der Waals surface area contributed by atoms with Crippen LogP contribution in [0.4, 0.5) is 5.69 Å². The highest BCUT2D eigenvalue weighted by Crippen LogP contribution is 2.13. The van der Waals surface area contributed by atoms with Crippen LogP contribution in [0.25, 0.3) is 5.69 Å². The van der Waals surface area contributed by atoms with Gasteiger partial charge in [0.1, 0.15) is 6.33 Å². The Morgan fingerprint density at radius 1 is 1.25 bits per heavy atom. The molecule has 3 aromatic rings. The number of aromatic nitrogens is 4. The lowest BCUT2D eigenvalue weighted by molar-refractivity contribution is -0.115. The molecule has 0 spiro atoms. The Morgan fingerprint density at radius 2 is 2.10 bits per heavy atom. The summed E-state index contributed by atoms with van der Waals surface area (Å²) in [5, 5.41) is 17.7. The highest BCUT2D eigenvalue weighted by Gasteiger charge is 2.05. The molecule has 1 amide bonds. The molecule has 0 saturated heterocycles. The first-order valence-corrected chi connectivity index (χ1v) is 6.90. The monoisotopic (exact) mass is 285 g/mol. The van der Waals surface area contributed by atoms with Crippen LogP contribution >= 0.6 is 11.3 Å². The Morgan fingerprint density at radius 3 is 2.75 bits per heavy atom. The molecule has 0 unspecified atom stereocenters. The zero-order chi connectivity index (χ0) is 13.8. The van der Waals surface area contributed by atoms with Crippen molar-refractivity contribution >= 4 is 22.9 Å². The fraction of sp³-hybridized carbons (Fsp3) is 0.0769. The number of nitrogens with zero attached hydrogens (tertiary/aromatic N) is 4. The van der Waals surface area contributed by atoms with Crippen LogP contribution in [0.5, 0.6) is 0 Å². The van der Waals surface area contributed by atoms with E-state index in [2.05, 4.69) is 20.8 Å². The first-order chi connectivity index (χ1) is 9.81. The zero-order valence-corrected chi connectivity index (χ0v) is 11.2. The van der Waals surface area contributed by atoms with E-state index >= 15 is 0 Å². The minimum Gasteiger partial charge on any atom is -0.326 e. The van der Waals surface area contributed by atoms with E-state index in [-0.39, 0.29) is 5.91 Å². The quantitative estimate of drug-likeness (QED) is 0.794. The molecular formula is C13H11N5OS. The molecule has 3 rings (SSSR count). The van der Waals surface area contributed by atoms with Crippen LogP contribution < -0.4 is 5.32 Å². The first-order valence-electron chi connectivity index (χ1n) is 5.95. The summed E-state index contributed by atoms with van der Waals surface area (Å²) in [5.41, 5.74) is 2.62. The maximum absolute atomic E-state index is 11.8. The van der Waals surface area contributed by atoms with Crippen molar-refractivity contribution in [2.75, 3.05) is 5.32 Å². The summed E-state index contributed by atoms with van der Waals surface area (Å²) in [7, 11) is 0. The smallest absolute Gasteiger partial charge is 0.228 e. The molecule has 0 radical (unpaired) electrons. The second-order valence-corrected chi connectivity index (χ2v) is 4.94. The lowest BCUT2D eigenvalue weighted by Gasteiger charge is -2.05. The van der Waals surface area contributed by atoms with Crippen LogP contribution in [0.2, 0.25) is 0 Å². The lowest BCUT2D eigenvalue weighted by Crippen LogP contribution is -2.13. The fourth-order valence-corrected chi connectivity index (χ4v) is 2.43. The van der Waals surface area contributed by atoms with E-state index in [9.17, 15) is 4.79 Å². The number of rotatable bonds is 4. The van der Waals surface area contributed by atoms with Gasteiger partial charge in [-0.2, -0.15) is 11.3 Å². The van der Waals surface area contributed by atoms with Crippen LogP contribution in [-0.4, -0.2) is 26.1 Å². The van der Waals surface area contributed by atoms with E-state index in [1.807, 2.05) is 41.1 Å². The predicted molar refractivity (Wildman–Crippen MR) is 75.8 cm³/mol. The van der Waals surface area contributed by atoms with Gasteiger partial charge >= 0.3 is 0 Å². The van der Waals surface area contributed by atoms with Crippen LogP contribution in [0.15, 0.2) is 47.4 Å². The lowest BCUT2D eigenvalue weighted by atomic mass is 10.2. The standard InChI is InChI=1S/C13H11N5OS/c19-13(7-10-5-6-20-8-10)15-11-1-3-12(4-2-11)18-9-14-16-17-18/h1-6,8-9H,7H2,(H,15,19). The van der Waals surface area contributed by atoms with Gasteiger partial charge in [-0.25, -0.2) is 4.68 Å². The molecule has 0 atom stereocenters. The number of hydrogen-bond acceptors (Lipinski definition) is 5. The number of nitrogens with one attached hydrogen (secondary N) is 1. The van der Waals surface area contributed by atoms with E-state index in [0.29, 0.717) is 6.42 Å². The largest absolute Gasteiger partial charge is 0.326 e. The molecule has 2 aromatic heterocycles. The molecule has 0 aliphatic rings. The Hall–Kier alpha value is -2.54. The Bertz CT molecular complexity index is 676. The number of thiophene rings is 1. The summed E-state index contributed by atoms with van der Waals surface area (Å²) < 4.78 is 1.55. The average Bonchev–Trinajstić information content (AvgIpc) is 3.12. The Kier molecular flexibility index (Phi) is 3.51.